The summed E-state index contributed by atoms with van der Waals surface area (Å²) in [5.41, 5.74) is -1.15. The molecular weight excluding hydrogens is 303 g/mol. The van der Waals surface area contributed by atoms with Crippen molar-refractivity contribution < 1.29 is 18.0 Å². The number of carbonyl (C=O) groups is 1. The highest BCUT2D eigenvalue weighted by molar-refractivity contribution is 6.30. The normalized spacial score (nSPS) is 16.2. The zero-order valence-corrected chi connectivity index (χ0v) is 12.2. The van der Waals surface area contributed by atoms with E-state index in [4.69, 9.17) is 11.6 Å². The standard InChI is InChI=1S/C15H17ClF3NO/c16-11-6-7-13(12(9-11)15(17,18)19)20-14(21)8-5-10-3-1-2-4-10/h6-7,9-10H,1-5,8H2,(H,20,21). The van der Waals surface area contributed by atoms with Crippen molar-refractivity contribution in [2.75, 3.05) is 5.32 Å². The van der Waals surface area contributed by atoms with Crippen molar-refractivity contribution in [3.8, 4) is 0 Å². The van der Waals surface area contributed by atoms with E-state index in [1.807, 2.05) is 0 Å². The molecule has 1 N–H and O–H groups in total. The van der Waals surface area contributed by atoms with E-state index in [1.54, 1.807) is 0 Å². The van der Waals surface area contributed by atoms with Gasteiger partial charge < -0.3 is 5.32 Å². The van der Waals surface area contributed by atoms with Crippen molar-refractivity contribution in [1.29, 1.82) is 0 Å². The molecule has 2 nitrogen and oxygen atoms in total. The molecule has 0 bridgehead atoms. The molecule has 1 amide bonds. The Morgan fingerprint density at radius 2 is 1.95 bits per heavy atom. The van der Waals surface area contributed by atoms with Crippen LogP contribution in [0, 0.1) is 5.92 Å². The SMILES string of the molecule is O=C(CCC1CCCC1)Nc1ccc(Cl)cc1C(F)(F)F. The van der Waals surface area contributed by atoms with Gasteiger partial charge in [0.15, 0.2) is 0 Å². The molecule has 0 saturated heterocycles. The number of carbonyl (C=O) groups excluding carboxylic acids is 1. The molecule has 0 atom stereocenters. The third-order valence-corrected chi connectivity index (χ3v) is 4.05. The monoisotopic (exact) mass is 319 g/mol. The van der Waals surface area contributed by atoms with Crippen LogP contribution in [0.1, 0.15) is 44.1 Å². The molecule has 21 heavy (non-hydrogen) atoms. The van der Waals surface area contributed by atoms with Gasteiger partial charge in [-0.2, -0.15) is 13.2 Å². The Bertz CT molecular complexity index is 510. The number of alkyl halides is 3. The van der Waals surface area contributed by atoms with Gasteiger partial charge in [0.25, 0.3) is 0 Å². The van der Waals surface area contributed by atoms with Gasteiger partial charge in [-0.05, 0) is 30.5 Å². The molecule has 116 valence electrons. The topological polar surface area (TPSA) is 29.1 Å². The second-order valence-electron chi connectivity index (χ2n) is 5.42. The Morgan fingerprint density at radius 3 is 2.57 bits per heavy atom. The molecule has 1 aromatic rings. The molecule has 1 aliphatic rings. The van der Waals surface area contributed by atoms with E-state index in [9.17, 15) is 18.0 Å². The number of halogens is 4. The summed E-state index contributed by atoms with van der Waals surface area (Å²) in [5.74, 6) is 0.151. The highest BCUT2D eigenvalue weighted by Gasteiger charge is 2.34. The molecule has 1 saturated carbocycles. The van der Waals surface area contributed by atoms with Crippen molar-refractivity contribution in [3.63, 3.8) is 0 Å². The highest BCUT2D eigenvalue weighted by Crippen LogP contribution is 2.36. The first kappa shape index (κ1) is 16.1. The molecule has 0 aliphatic heterocycles. The van der Waals surface area contributed by atoms with E-state index < -0.39 is 11.7 Å². The maximum Gasteiger partial charge on any atom is 0.418 e. The molecule has 2 rings (SSSR count). The molecule has 1 fully saturated rings. The average Bonchev–Trinajstić information content (AvgIpc) is 2.90. The minimum Gasteiger partial charge on any atom is -0.326 e. The smallest absolute Gasteiger partial charge is 0.326 e. The van der Waals surface area contributed by atoms with Gasteiger partial charge in [0.05, 0.1) is 11.3 Å². The van der Waals surface area contributed by atoms with Crippen LogP contribution in [0.25, 0.3) is 0 Å². The Kier molecular flexibility index (Phi) is 5.14. The first-order valence-corrected chi connectivity index (χ1v) is 7.40. The molecule has 0 spiro atoms. The summed E-state index contributed by atoms with van der Waals surface area (Å²) in [6, 6.07) is 3.36. The fourth-order valence-corrected chi connectivity index (χ4v) is 2.88. The lowest BCUT2D eigenvalue weighted by molar-refractivity contribution is -0.137. The molecule has 0 unspecified atom stereocenters. The number of hydrogen-bond acceptors (Lipinski definition) is 1. The van der Waals surface area contributed by atoms with Gasteiger partial charge in [0.1, 0.15) is 0 Å². The summed E-state index contributed by atoms with van der Waals surface area (Å²) in [4.78, 5) is 11.8. The van der Waals surface area contributed by atoms with Gasteiger partial charge in [-0.1, -0.05) is 37.3 Å². The second kappa shape index (κ2) is 6.69. The lowest BCUT2D eigenvalue weighted by atomic mass is 10.0. The first-order valence-electron chi connectivity index (χ1n) is 7.03. The van der Waals surface area contributed by atoms with Crippen molar-refractivity contribution in [2.45, 2.75) is 44.7 Å². The number of amides is 1. The van der Waals surface area contributed by atoms with Gasteiger partial charge >= 0.3 is 6.18 Å². The van der Waals surface area contributed by atoms with Crippen molar-refractivity contribution in [1.82, 2.24) is 0 Å². The number of hydrogen-bond donors (Lipinski definition) is 1. The minimum absolute atomic E-state index is 0.00807. The Hall–Kier alpha value is -1.23. The highest BCUT2D eigenvalue weighted by atomic mass is 35.5. The molecule has 0 radical (unpaired) electrons. The van der Waals surface area contributed by atoms with Crippen molar-refractivity contribution in [3.05, 3.63) is 28.8 Å². The van der Waals surface area contributed by atoms with E-state index in [0.29, 0.717) is 5.92 Å². The lowest BCUT2D eigenvalue weighted by Crippen LogP contribution is -2.17. The van der Waals surface area contributed by atoms with Gasteiger partial charge in [0, 0.05) is 11.4 Å². The third-order valence-electron chi connectivity index (χ3n) is 3.82. The van der Waals surface area contributed by atoms with Gasteiger partial charge in [-0.25, -0.2) is 0 Å². The number of anilines is 1. The van der Waals surface area contributed by atoms with Crippen LogP contribution in [0.3, 0.4) is 0 Å². The van der Waals surface area contributed by atoms with Gasteiger partial charge in [0.2, 0.25) is 5.91 Å². The summed E-state index contributed by atoms with van der Waals surface area (Å²) in [7, 11) is 0. The maximum atomic E-state index is 12.9. The number of rotatable bonds is 4. The van der Waals surface area contributed by atoms with Crippen LogP contribution in [0.4, 0.5) is 18.9 Å². The van der Waals surface area contributed by atoms with Crippen LogP contribution in [0.15, 0.2) is 18.2 Å². The molecule has 1 aliphatic carbocycles. The van der Waals surface area contributed by atoms with Crippen molar-refractivity contribution >= 4 is 23.2 Å². The molecule has 0 aromatic heterocycles. The summed E-state index contributed by atoms with van der Waals surface area (Å²) in [5, 5.41) is 2.34. The van der Waals surface area contributed by atoms with E-state index in [0.717, 1.165) is 25.3 Å². The number of benzene rings is 1. The largest absolute Gasteiger partial charge is 0.418 e. The predicted molar refractivity (Wildman–Crippen MR) is 76.3 cm³/mol. The maximum absolute atomic E-state index is 12.9. The van der Waals surface area contributed by atoms with Crippen LogP contribution < -0.4 is 5.32 Å². The average molecular weight is 320 g/mol. The molecule has 1 aromatic carbocycles. The van der Waals surface area contributed by atoms with Crippen LogP contribution in [0.2, 0.25) is 5.02 Å². The Balaban J connectivity index is 1.99. The van der Waals surface area contributed by atoms with Crippen LogP contribution in [-0.4, -0.2) is 5.91 Å². The van der Waals surface area contributed by atoms with E-state index >= 15 is 0 Å². The fraction of sp³-hybridized carbons (Fsp3) is 0.533. The van der Waals surface area contributed by atoms with E-state index in [2.05, 4.69) is 5.32 Å². The third kappa shape index (κ3) is 4.63. The summed E-state index contributed by atoms with van der Waals surface area (Å²) in [6.45, 7) is 0. The Labute approximate surface area is 126 Å². The number of nitrogens with one attached hydrogen (secondary N) is 1. The van der Waals surface area contributed by atoms with Crippen LogP contribution in [-0.2, 0) is 11.0 Å². The Morgan fingerprint density at radius 1 is 1.29 bits per heavy atom. The summed E-state index contributed by atoms with van der Waals surface area (Å²) >= 11 is 5.59. The van der Waals surface area contributed by atoms with Crippen LogP contribution >= 0.6 is 11.6 Å². The molecule has 6 heteroatoms. The fourth-order valence-electron chi connectivity index (χ4n) is 2.71. The van der Waals surface area contributed by atoms with E-state index in [1.165, 1.54) is 25.0 Å². The molecular formula is C15H17ClF3NO. The van der Waals surface area contributed by atoms with Crippen molar-refractivity contribution in [2.24, 2.45) is 5.92 Å². The molecule has 0 heterocycles. The summed E-state index contributed by atoms with van der Waals surface area (Å²) in [6.07, 6.45) is 1.04. The van der Waals surface area contributed by atoms with Gasteiger partial charge in [-0.15, -0.1) is 0 Å². The lowest BCUT2D eigenvalue weighted by Gasteiger charge is -2.15. The zero-order chi connectivity index (χ0) is 15.5. The van der Waals surface area contributed by atoms with Gasteiger partial charge in [-0.3, -0.25) is 4.79 Å². The minimum atomic E-state index is -4.54. The second-order valence-corrected chi connectivity index (χ2v) is 5.86. The zero-order valence-electron chi connectivity index (χ0n) is 11.5. The van der Waals surface area contributed by atoms with Crippen LogP contribution in [0.5, 0.6) is 0 Å². The predicted octanol–water partition coefficient (Wildman–Crippen LogP) is 5.27. The summed E-state index contributed by atoms with van der Waals surface area (Å²) < 4.78 is 38.7. The quantitative estimate of drug-likeness (QED) is 0.805. The van der Waals surface area contributed by atoms with E-state index in [-0.39, 0.29) is 23.0 Å². The first-order chi connectivity index (χ1) is 9.86.